The molecule has 0 unspecified atom stereocenters. The van der Waals surface area contributed by atoms with Crippen LogP contribution in [0.15, 0.2) is 16.9 Å². The Labute approximate surface area is 93.3 Å². The van der Waals surface area contributed by atoms with Crippen LogP contribution in [-0.4, -0.2) is 26.7 Å². The van der Waals surface area contributed by atoms with E-state index in [-0.39, 0.29) is 0 Å². The standard InChI is InChI=1S/C10H15N5O/c11-5-3-1-2-4-8-14-10(15-16-8)9-12-6-7-13-9/h6-7H,1-5,11H2,(H,12,13). The summed E-state index contributed by atoms with van der Waals surface area (Å²) in [5.74, 6) is 1.80. The third-order valence-electron chi connectivity index (χ3n) is 2.27. The van der Waals surface area contributed by atoms with Crippen LogP contribution >= 0.6 is 0 Å². The van der Waals surface area contributed by atoms with E-state index in [1.165, 1.54) is 0 Å². The van der Waals surface area contributed by atoms with Gasteiger partial charge < -0.3 is 15.2 Å². The largest absolute Gasteiger partial charge is 0.342 e. The van der Waals surface area contributed by atoms with E-state index < -0.39 is 0 Å². The summed E-state index contributed by atoms with van der Waals surface area (Å²) in [5, 5.41) is 3.85. The molecule has 86 valence electrons. The van der Waals surface area contributed by atoms with Crippen molar-refractivity contribution in [1.82, 2.24) is 20.1 Å². The molecular formula is C10H15N5O. The van der Waals surface area contributed by atoms with Gasteiger partial charge in [0.25, 0.3) is 0 Å². The fourth-order valence-electron chi connectivity index (χ4n) is 1.44. The van der Waals surface area contributed by atoms with Crippen LogP contribution in [0.25, 0.3) is 11.6 Å². The molecule has 0 amide bonds. The van der Waals surface area contributed by atoms with Gasteiger partial charge in [0.05, 0.1) is 0 Å². The van der Waals surface area contributed by atoms with Gasteiger partial charge in [-0.1, -0.05) is 11.6 Å². The lowest BCUT2D eigenvalue weighted by Crippen LogP contribution is -1.98. The molecule has 0 atom stereocenters. The number of hydrogen-bond acceptors (Lipinski definition) is 5. The molecule has 2 heterocycles. The Hall–Kier alpha value is -1.69. The Morgan fingerprint density at radius 3 is 3.00 bits per heavy atom. The second-order valence-electron chi connectivity index (χ2n) is 3.55. The van der Waals surface area contributed by atoms with Crippen LogP contribution in [0, 0.1) is 0 Å². The van der Waals surface area contributed by atoms with E-state index in [1.54, 1.807) is 12.4 Å². The molecule has 2 rings (SSSR count). The quantitative estimate of drug-likeness (QED) is 0.713. The molecule has 0 saturated heterocycles. The summed E-state index contributed by atoms with van der Waals surface area (Å²) in [4.78, 5) is 11.2. The number of H-pyrrole nitrogens is 1. The van der Waals surface area contributed by atoms with Crippen molar-refractivity contribution in [3.05, 3.63) is 18.3 Å². The molecule has 2 aromatic rings. The first-order valence-corrected chi connectivity index (χ1v) is 5.42. The van der Waals surface area contributed by atoms with Gasteiger partial charge in [-0.15, -0.1) is 0 Å². The van der Waals surface area contributed by atoms with Crippen molar-refractivity contribution in [2.75, 3.05) is 6.54 Å². The molecule has 2 aromatic heterocycles. The van der Waals surface area contributed by atoms with E-state index in [0.29, 0.717) is 17.5 Å². The minimum absolute atomic E-state index is 0.513. The average Bonchev–Trinajstić information content (AvgIpc) is 2.94. The number of nitrogens with zero attached hydrogens (tertiary/aromatic N) is 3. The van der Waals surface area contributed by atoms with Gasteiger partial charge in [0.1, 0.15) is 0 Å². The highest BCUT2D eigenvalue weighted by molar-refractivity contribution is 5.40. The lowest BCUT2D eigenvalue weighted by Gasteiger charge is -1.93. The first-order chi connectivity index (χ1) is 7.90. The molecule has 0 radical (unpaired) electrons. The Kier molecular flexibility index (Phi) is 3.66. The Morgan fingerprint density at radius 2 is 2.25 bits per heavy atom. The van der Waals surface area contributed by atoms with Gasteiger partial charge in [-0.2, -0.15) is 4.98 Å². The number of nitrogens with two attached hydrogens (primary N) is 1. The van der Waals surface area contributed by atoms with Crippen molar-refractivity contribution in [2.45, 2.75) is 25.7 Å². The van der Waals surface area contributed by atoms with E-state index in [1.807, 2.05) is 0 Å². The molecule has 6 nitrogen and oxygen atoms in total. The minimum atomic E-state index is 0.513. The highest BCUT2D eigenvalue weighted by atomic mass is 16.5. The summed E-state index contributed by atoms with van der Waals surface area (Å²) >= 11 is 0. The van der Waals surface area contributed by atoms with Crippen molar-refractivity contribution in [3.63, 3.8) is 0 Å². The molecule has 6 heteroatoms. The summed E-state index contributed by atoms with van der Waals surface area (Å²) in [5.41, 5.74) is 5.41. The van der Waals surface area contributed by atoms with Crippen LogP contribution in [0.2, 0.25) is 0 Å². The third-order valence-corrected chi connectivity index (χ3v) is 2.27. The van der Waals surface area contributed by atoms with Gasteiger partial charge in [0, 0.05) is 18.8 Å². The number of hydrogen-bond donors (Lipinski definition) is 2. The molecule has 0 saturated carbocycles. The molecule has 16 heavy (non-hydrogen) atoms. The number of aromatic nitrogens is 4. The molecular weight excluding hydrogens is 206 g/mol. The van der Waals surface area contributed by atoms with Crippen molar-refractivity contribution < 1.29 is 4.52 Å². The molecule has 0 fully saturated rings. The second-order valence-corrected chi connectivity index (χ2v) is 3.55. The van der Waals surface area contributed by atoms with Crippen molar-refractivity contribution in [1.29, 1.82) is 0 Å². The zero-order valence-electron chi connectivity index (χ0n) is 9.02. The molecule has 3 N–H and O–H groups in total. The average molecular weight is 221 g/mol. The first-order valence-electron chi connectivity index (χ1n) is 5.42. The van der Waals surface area contributed by atoms with Gasteiger partial charge in [-0.05, 0) is 19.4 Å². The van der Waals surface area contributed by atoms with Crippen LogP contribution in [0.1, 0.15) is 25.2 Å². The van der Waals surface area contributed by atoms with Gasteiger partial charge in [-0.3, -0.25) is 0 Å². The maximum Gasteiger partial charge on any atom is 0.238 e. The van der Waals surface area contributed by atoms with E-state index in [9.17, 15) is 0 Å². The number of unbranched alkanes of at least 4 members (excludes halogenated alkanes) is 2. The Balaban J connectivity index is 1.88. The molecule has 0 aliphatic carbocycles. The normalized spacial score (nSPS) is 10.8. The fourth-order valence-corrected chi connectivity index (χ4v) is 1.44. The topological polar surface area (TPSA) is 93.6 Å². The third kappa shape index (κ3) is 2.66. The van der Waals surface area contributed by atoms with E-state index >= 15 is 0 Å². The number of rotatable bonds is 6. The first kappa shape index (κ1) is 10.8. The van der Waals surface area contributed by atoms with E-state index in [0.717, 1.165) is 32.2 Å². The minimum Gasteiger partial charge on any atom is -0.342 e. The summed E-state index contributed by atoms with van der Waals surface area (Å²) in [6, 6.07) is 0. The summed E-state index contributed by atoms with van der Waals surface area (Å²) in [6.45, 7) is 0.738. The summed E-state index contributed by atoms with van der Waals surface area (Å²) in [7, 11) is 0. The van der Waals surface area contributed by atoms with Crippen molar-refractivity contribution in [3.8, 4) is 11.6 Å². The predicted octanol–water partition coefficient (Wildman–Crippen LogP) is 1.13. The van der Waals surface area contributed by atoms with E-state index in [4.69, 9.17) is 10.3 Å². The van der Waals surface area contributed by atoms with Gasteiger partial charge >= 0.3 is 0 Å². The predicted molar refractivity (Wildman–Crippen MR) is 58.5 cm³/mol. The monoisotopic (exact) mass is 221 g/mol. The van der Waals surface area contributed by atoms with Crippen LogP contribution in [-0.2, 0) is 6.42 Å². The van der Waals surface area contributed by atoms with Crippen LogP contribution in [0.5, 0.6) is 0 Å². The molecule has 0 aliphatic heterocycles. The van der Waals surface area contributed by atoms with Crippen LogP contribution < -0.4 is 5.73 Å². The lowest BCUT2D eigenvalue weighted by atomic mass is 10.2. The highest BCUT2D eigenvalue weighted by Gasteiger charge is 2.09. The summed E-state index contributed by atoms with van der Waals surface area (Å²) < 4.78 is 5.12. The Morgan fingerprint density at radius 1 is 1.31 bits per heavy atom. The SMILES string of the molecule is NCCCCCc1nc(-c2ncc[nH]2)no1. The van der Waals surface area contributed by atoms with Gasteiger partial charge in [-0.25, -0.2) is 4.98 Å². The van der Waals surface area contributed by atoms with Gasteiger partial charge in [0.15, 0.2) is 5.82 Å². The number of aromatic amines is 1. The van der Waals surface area contributed by atoms with Gasteiger partial charge in [0.2, 0.25) is 11.7 Å². The second kappa shape index (κ2) is 5.41. The lowest BCUT2D eigenvalue weighted by molar-refractivity contribution is 0.374. The summed E-state index contributed by atoms with van der Waals surface area (Å²) in [6.07, 6.45) is 7.35. The molecule has 0 spiro atoms. The number of nitrogens with one attached hydrogen (secondary N) is 1. The smallest absolute Gasteiger partial charge is 0.238 e. The van der Waals surface area contributed by atoms with E-state index in [2.05, 4.69) is 20.1 Å². The zero-order valence-corrected chi connectivity index (χ0v) is 9.02. The maximum absolute atomic E-state index is 5.41. The molecule has 0 aliphatic rings. The van der Waals surface area contributed by atoms with Crippen molar-refractivity contribution in [2.24, 2.45) is 5.73 Å². The maximum atomic E-state index is 5.41. The number of aryl methyl sites for hydroxylation is 1. The molecule has 0 bridgehead atoms. The van der Waals surface area contributed by atoms with Crippen LogP contribution in [0.4, 0.5) is 0 Å². The van der Waals surface area contributed by atoms with Crippen molar-refractivity contribution >= 4 is 0 Å². The molecule has 0 aromatic carbocycles. The van der Waals surface area contributed by atoms with Crippen LogP contribution in [0.3, 0.4) is 0 Å². The Bertz CT molecular complexity index is 409. The zero-order chi connectivity index (χ0) is 11.2. The highest BCUT2D eigenvalue weighted by Crippen LogP contribution is 2.11. The fraction of sp³-hybridized carbons (Fsp3) is 0.500. The number of imidazole rings is 1.